The van der Waals surface area contributed by atoms with Gasteiger partial charge in [0.15, 0.2) is 0 Å². The van der Waals surface area contributed by atoms with Crippen molar-refractivity contribution in [2.24, 2.45) is 28.3 Å². The van der Waals surface area contributed by atoms with Gasteiger partial charge in [0.25, 0.3) is 0 Å². The summed E-state index contributed by atoms with van der Waals surface area (Å²) in [5.74, 6) is -0.708. The van der Waals surface area contributed by atoms with Crippen LogP contribution in [0.1, 0.15) is 66.2 Å². The molecule has 26 heavy (non-hydrogen) atoms. The highest BCUT2D eigenvalue weighted by Gasteiger charge is 2.06. The highest BCUT2D eigenvalue weighted by molar-refractivity contribution is 5.82. The summed E-state index contributed by atoms with van der Waals surface area (Å²) in [6.45, 7) is 8.79. The third kappa shape index (κ3) is 17.2. The van der Waals surface area contributed by atoms with E-state index in [-0.39, 0.29) is 5.92 Å². The second-order valence-corrected chi connectivity index (χ2v) is 7.22. The maximum atomic E-state index is 10.3. The van der Waals surface area contributed by atoms with E-state index >= 15 is 0 Å². The van der Waals surface area contributed by atoms with Gasteiger partial charge >= 0.3 is 0 Å². The first-order valence-corrected chi connectivity index (χ1v) is 9.29. The third-order valence-electron chi connectivity index (χ3n) is 3.78. The smallest absolute Gasteiger partial charge is 0.125 e. The van der Waals surface area contributed by atoms with Crippen molar-refractivity contribution in [2.45, 2.75) is 78.3 Å². The predicted octanol–water partition coefficient (Wildman–Crippen LogP) is -1.58. The Kier molecular flexibility index (Phi) is 15.9. The van der Waals surface area contributed by atoms with Crippen LogP contribution in [0.25, 0.3) is 0 Å². The van der Waals surface area contributed by atoms with Crippen LogP contribution < -0.4 is 27.4 Å². The summed E-state index contributed by atoms with van der Waals surface area (Å²) in [6.07, 6.45) is 4.77. The molecule has 0 radical (unpaired) electrons. The first-order chi connectivity index (χ1) is 12.0. The lowest BCUT2D eigenvalue weighted by Gasteiger charge is -2.12. The number of aliphatic carboxylic acids is 2. The number of nitrogens with two attached hydrogens (primary N) is 2. The van der Waals surface area contributed by atoms with Gasteiger partial charge in [-0.1, -0.05) is 47.0 Å². The Morgan fingerprint density at radius 1 is 0.962 bits per heavy atom. The van der Waals surface area contributed by atoms with Gasteiger partial charge in [0.1, 0.15) is 6.04 Å². The van der Waals surface area contributed by atoms with Gasteiger partial charge in [-0.25, -0.2) is 0 Å². The van der Waals surface area contributed by atoms with Crippen molar-refractivity contribution in [3.63, 3.8) is 0 Å². The Bertz CT molecular complexity index is 425. The number of carboxylic acid groups (broad SMARTS) is 2. The van der Waals surface area contributed by atoms with E-state index in [1.165, 1.54) is 0 Å². The lowest BCUT2D eigenvalue weighted by molar-refractivity contribution is -0.438. The Morgan fingerprint density at radius 2 is 1.50 bits per heavy atom. The number of aliphatic imine (C=N–C) groups is 1. The van der Waals surface area contributed by atoms with Crippen molar-refractivity contribution in [3.05, 3.63) is 0 Å². The van der Waals surface area contributed by atoms with Crippen LogP contribution in [0.15, 0.2) is 4.99 Å². The quantitative estimate of drug-likeness (QED) is 0.211. The van der Waals surface area contributed by atoms with Crippen molar-refractivity contribution >= 4 is 17.8 Å². The predicted molar refractivity (Wildman–Crippen MR) is 98.5 cm³/mol. The van der Waals surface area contributed by atoms with Crippen LogP contribution in [0.5, 0.6) is 0 Å². The first kappa shape index (κ1) is 26.6. The maximum absolute atomic E-state index is 10.3. The molecule has 0 aromatic heterocycles. The van der Waals surface area contributed by atoms with Crippen LogP contribution in [-0.4, -0.2) is 36.4 Å². The van der Waals surface area contributed by atoms with Crippen molar-refractivity contribution in [1.29, 1.82) is 0 Å². The lowest BCUT2D eigenvalue weighted by Crippen LogP contribution is -2.68. The number of carbonyl (C=O) groups is 2. The number of rotatable bonds is 12. The van der Waals surface area contributed by atoms with E-state index in [1.54, 1.807) is 0 Å². The molecule has 2 atom stereocenters. The van der Waals surface area contributed by atoms with Crippen LogP contribution in [-0.2, 0) is 9.59 Å². The average Bonchev–Trinajstić information content (AvgIpc) is 2.54. The molecule has 0 aliphatic rings. The number of hydrogen-bond donors (Lipinski definition) is 3. The zero-order valence-corrected chi connectivity index (χ0v) is 16.7. The second-order valence-electron chi connectivity index (χ2n) is 7.22. The molecular weight excluding hydrogens is 336 g/mol. The van der Waals surface area contributed by atoms with Gasteiger partial charge in [-0.2, -0.15) is 0 Å². The minimum Gasteiger partial charge on any atom is -0.548 e. The Labute approximate surface area is 157 Å². The largest absolute Gasteiger partial charge is 0.548 e. The van der Waals surface area contributed by atoms with Gasteiger partial charge in [0.05, 0.1) is 17.8 Å². The van der Waals surface area contributed by atoms with E-state index in [4.69, 9.17) is 11.5 Å². The highest BCUT2D eigenvalue weighted by atomic mass is 16.4. The molecule has 0 aromatic carbocycles. The van der Waals surface area contributed by atoms with Crippen molar-refractivity contribution in [1.82, 2.24) is 0 Å². The first-order valence-electron chi connectivity index (χ1n) is 9.29. The van der Waals surface area contributed by atoms with E-state index in [9.17, 15) is 19.8 Å². The SMILES string of the molecule is CC(C)C(N)=NCCCC([NH3+])C(=O)[O-].CC(C)CCCCC(N)C(=O)[O-]. The molecule has 0 bridgehead atoms. The Morgan fingerprint density at radius 3 is 1.92 bits per heavy atom. The number of carboxylic acids is 2. The van der Waals surface area contributed by atoms with Crippen molar-refractivity contribution in [2.75, 3.05) is 6.54 Å². The molecule has 7 N–H and O–H groups in total. The van der Waals surface area contributed by atoms with E-state index < -0.39 is 24.0 Å². The summed E-state index contributed by atoms with van der Waals surface area (Å²) in [6, 6.07) is -1.43. The second kappa shape index (κ2) is 15.6. The zero-order valence-electron chi connectivity index (χ0n) is 16.7. The van der Waals surface area contributed by atoms with E-state index in [1.807, 2.05) is 13.8 Å². The summed E-state index contributed by atoms with van der Waals surface area (Å²) in [5, 5.41) is 20.5. The molecule has 2 unspecified atom stereocenters. The molecule has 0 spiro atoms. The Balaban J connectivity index is 0. The topological polar surface area (TPSA) is 172 Å². The minimum absolute atomic E-state index is 0.242. The van der Waals surface area contributed by atoms with Crippen LogP contribution in [0.3, 0.4) is 0 Å². The van der Waals surface area contributed by atoms with Crippen LogP contribution in [0.4, 0.5) is 0 Å². The molecule has 154 valence electrons. The Hall–Kier alpha value is -1.67. The zero-order chi connectivity index (χ0) is 20.7. The van der Waals surface area contributed by atoms with Crippen molar-refractivity contribution < 1.29 is 25.5 Å². The molecule has 0 fully saturated rings. The number of hydrogen-bond acceptors (Lipinski definition) is 6. The third-order valence-corrected chi connectivity index (χ3v) is 3.78. The van der Waals surface area contributed by atoms with Gasteiger partial charge in [0.2, 0.25) is 0 Å². The number of carbonyl (C=O) groups excluding carboxylic acids is 2. The fourth-order valence-corrected chi connectivity index (χ4v) is 1.88. The number of unbranched alkanes of at least 4 members (excludes halogenated alkanes) is 1. The van der Waals surface area contributed by atoms with Crippen LogP contribution in [0, 0.1) is 11.8 Å². The van der Waals surface area contributed by atoms with E-state index in [0.717, 1.165) is 19.3 Å². The normalized spacial score (nSPS) is 13.9. The fraction of sp³-hybridized carbons (Fsp3) is 0.833. The molecule has 0 aliphatic carbocycles. The molecule has 8 heteroatoms. The van der Waals surface area contributed by atoms with E-state index in [0.29, 0.717) is 37.6 Å². The summed E-state index contributed by atoms with van der Waals surface area (Å²) in [5.41, 5.74) is 14.3. The van der Waals surface area contributed by atoms with Gasteiger partial charge < -0.3 is 37.0 Å². The van der Waals surface area contributed by atoms with E-state index in [2.05, 4.69) is 24.6 Å². The fourth-order valence-electron chi connectivity index (χ4n) is 1.88. The van der Waals surface area contributed by atoms with Gasteiger partial charge in [0, 0.05) is 24.9 Å². The van der Waals surface area contributed by atoms with Gasteiger partial charge in [-0.3, -0.25) is 4.99 Å². The van der Waals surface area contributed by atoms with Crippen molar-refractivity contribution in [3.8, 4) is 0 Å². The summed E-state index contributed by atoms with van der Waals surface area (Å²) < 4.78 is 0. The molecule has 0 saturated heterocycles. The van der Waals surface area contributed by atoms with Crippen LogP contribution >= 0.6 is 0 Å². The molecule has 0 aliphatic heterocycles. The maximum Gasteiger partial charge on any atom is 0.125 e. The number of nitrogens with zero attached hydrogens (tertiary/aromatic N) is 1. The molecule has 0 aromatic rings. The molecule has 0 rings (SSSR count). The summed E-state index contributed by atoms with van der Waals surface area (Å²) >= 11 is 0. The van der Waals surface area contributed by atoms with Crippen LogP contribution in [0.2, 0.25) is 0 Å². The molecule has 0 heterocycles. The lowest BCUT2D eigenvalue weighted by atomic mass is 10.0. The average molecular weight is 374 g/mol. The highest BCUT2D eigenvalue weighted by Crippen LogP contribution is 2.08. The number of amidine groups is 1. The molecule has 0 amide bonds. The monoisotopic (exact) mass is 373 g/mol. The van der Waals surface area contributed by atoms with Gasteiger partial charge in [-0.15, -0.1) is 0 Å². The van der Waals surface area contributed by atoms with Gasteiger partial charge in [-0.05, 0) is 18.8 Å². The standard InChI is InChI=1S/C9H19N3O2.C9H19NO2/c1-6(2)8(11)12-5-3-4-7(10)9(13)14;1-7(2)5-3-4-6-8(10)9(11)12/h6-7H,3-5,10H2,1-2H3,(H2,11,12)(H,13,14);7-8H,3-6,10H2,1-2H3,(H,11,12)/p-1. The summed E-state index contributed by atoms with van der Waals surface area (Å²) in [4.78, 5) is 24.6. The molecule has 0 saturated carbocycles. The molecule has 8 nitrogen and oxygen atoms in total. The number of quaternary nitrogens is 1. The summed E-state index contributed by atoms with van der Waals surface area (Å²) in [7, 11) is 0. The molecular formula is C18H37N4O4-. The minimum atomic E-state index is -1.14.